The molecule has 6 heteroatoms. The van der Waals surface area contributed by atoms with E-state index in [2.05, 4.69) is 15.4 Å². The minimum atomic E-state index is -0.0413. The van der Waals surface area contributed by atoms with Gasteiger partial charge in [-0.3, -0.25) is 9.78 Å². The summed E-state index contributed by atoms with van der Waals surface area (Å²) < 4.78 is 1.86. The molecule has 1 N–H and O–H groups in total. The highest BCUT2D eigenvalue weighted by Crippen LogP contribution is 2.30. The van der Waals surface area contributed by atoms with Crippen molar-refractivity contribution >= 4 is 11.7 Å². The average molecular weight is 271 g/mol. The van der Waals surface area contributed by atoms with Gasteiger partial charge in [0.25, 0.3) is 5.91 Å². The molecule has 1 unspecified atom stereocenters. The van der Waals surface area contributed by atoms with E-state index in [1.165, 1.54) is 0 Å². The molecule has 0 aliphatic carbocycles. The van der Waals surface area contributed by atoms with Crippen LogP contribution >= 0.6 is 0 Å². The minimum Gasteiger partial charge on any atom is -0.369 e. The van der Waals surface area contributed by atoms with Gasteiger partial charge in [-0.05, 0) is 18.6 Å². The SMILES string of the molecule is CN(C)C(=O)c1cnn2c1NCCC2c1ccccn1. The summed E-state index contributed by atoms with van der Waals surface area (Å²) in [5.41, 5.74) is 1.58. The van der Waals surface area contributed by atoms with Crippen LogP contribution in [-0.4, -0.2) is 46.2 Å². The summed E-state index contributed by atoms with van der Waals surface area (Å²) >= 11 is 0. The van der Waals surface area contributed by atoms with Gasteiger partial charge in [0.2, 0.25) is 0 Å². The molecule has 0 saturated carbocycles. The van der Waals surface area contributed by atoms with Gasteiger partial charge < -0.3 is 10.2 Å². The quantitative estimate of drug-likeness (QED) is 0.896. The smallest absolute Gasteiger partial charge is 0.258 e. The Balaban J connectivity index is 2.01. The molecule has 0 radical (unpaired) electrons. The molecule has 0 bridgehead atoms. The molecule has 3 rings (SSSR count). The number of nitrogens with zero attached hydrogens (tertiary/aromatic N) is 4. The number of carbonyl (C=O) groups is 1. The lowest BCUT2D eigenvalue weighted by molar-refractivity contribution is 0.0828. The molecular weight excluding hydrogens is 254 g/mol. The second kappa shape index (κ2) is 4.96. The van der Waals surface area contributed by atoms with Gasteiger partial charge in [0.05, 0.1) is 17.9 Å². The fraction of sp³-hybridized carbons (Fsp3) is 0.357. The second-order valence-corrected chi connectivity index (χ2v) is 5.04. The zero-order chi connectivity index (χ0) is 14.1. The number of carbonyl (C=O) groups excluding carboxylic acids is 1. The molecule has 20 heavy (non-hydrogen) atoms. The molecule has 3 heterocycles. The summed E-state index contributed by atoms with van der Waals surface area (Å²) in [5.74, 6) is 0.742. The van der Waals surface area contributed by atoms with Crippen LogP contribution in [-0.2, 0) is 0 Å². The number of hydrogen-bond acceptors (Lipinski definition) is 4. The summed E-state index contributed by atoms with van der Waals surface area (Å²) in [5, 5.41) is 7.66. The van der Waals surface area contributed by atoms with Gasteiger partial charge in [-0.2, -0.15) is 5.10 Å². The molecule has 1 aliphatic heterocycles. The van der Waals surface area contributed by atoms with Crippen molar-refractivity contribution in [1.82, 2.24) is 19.7 Å². The lowest BCUT2D eigenvalue weighted by atomic mass is 10.1. The molecule has 2 aromatic rings. The minimum absolute atomic E-state index is 0.0413. The molecule has 2 aromatic heterocycles. The average Bonchev–Trinajstić information content (AvgIpc) is 2.91. The highest BCUT2D eigenvalue weighted by atomic mass is 16.2. The number of nitrogens with one attached hydrogen (secondary N) is 1. The first-order valence-electron chi connectivity index (χ1n) is 6.62. The van der Waals surface area contributed by atoms with Gasteiger partial charge in [0.1, 0.15) is 11.4 Å². The molecule has 1 aliphatic rings. The fourth-order valence-corrected chi connectivity index (χ4v) is 2.47. The molecule has 0 aromatic carbocycles. The predicted molar refractivity (Wildman–Crippen MR) is 75.7 cm³/mol. The highest BCUT2D eigenvalue weighted by Gasteiger charge is 2.27. The topological polar surface area (TPSA) is 63.1 Å². The molecule has 1 amide bonds. The second-order valence-electron chi connectivity index (χ2n) is 5.04. The molecular formula is C14H17N5O. The zero-order valence-electron chi connectivity index (χ0n) is 11.6. The molecule has 0 spiro atoms. The lowest BCUT2D eigenvalue weighted by Crippen LogP contribution is -2.28. The summed E-state index contributed by atoms with van der Waals surface area (Å²) in [4.78, 5) is 18.1. The van der Waals surface area contributed by atoms with Crippen molar-refractivity contribution in [2.75, 3.05) is 26.0 Å². The summed E-state index contributed by atoms with van der Waals surface area (Å²) in [7, 11) is 3.48. The zero-order valence-corrected chi connectivity index (χ0v) is 11.6. The van der Waals surface area contributed by atoms with Crippen molar-refractivity contribution in [3.05, 3.63) is 41.9 Å². The standard InChI is InChI=1S/C14H17N5O/c1-18(2)14(20)10-9-17-19-12(6-8-16-13(10)19)11-5-3-4-7-15-11/h3-5,7,9,12,16H,6,8H2,1-2H3. The third-order valence-corrected chi connectivity index (χ3v) is 3.47. The Bertz CT molecular complexity index is 620. The first-order valence-corrected chi connectivity index (χ1v) is 6.62. The van der Waals surface area contributed by atoms with Gasteiger partial charge in [-0.1, -0.05) is 6.07 Å². The van der Waals surface area contributed by atoms with Crippen LogP contribution in [0.4, 0.5) is 5.82 Å². The van der Waals surface area contributed by atoms with Crippen molar-refractivity contribution in [1.29, 1.82) is 0 Å². The molecule has 0 saturated heterocycles. The maximum Gasteiger partial charge on any atom is 0.258 e. The Morgan fingerprint density at radius 2 is 2.30 bits per heavy atom. The van der Waals surface area contributed by atoms with Crippen LogP contribution in [0.3, 0.4) is 0 Å². The summed E-state index contributed by atoms with van der Waals surface area (Å²) in [6.07, 6.45) is 4.32. The number of fused-ring (bicyclic) bond motifs is 1. The molecule has 6 nitrogen and oxygen atoms in total. The van der Waals surface area contributed by atoms with Gasteiger partial charge in [-0.15, -0.1) is 0 Å². The number of anilines is 1. The van der Waals surface area contributed by atoms with Crippen LogP contribution < -0.4 is 5.32 Å². The maximum absolute atomic E-state index is 12.1. The highest BCUT2D eigenvalue weighted by molar-refractivity contribution is 5.98. The van der Waals surface area contributed by atoms with Crippen molar-refractivity contribution in [3.63, 3.8) is 0 Å². The van der Waals surface area contributed by atoms with Crippen molar-refractivity contribution < 1.29 is 4.79 Å². The fourth-order valence-electron chi connectivity index (χ4n) is 2.47. The molecule has 1 atom stereocenters. The van der Waals surface area contributed by atoms with Gasteiger partial charge in [-0.25, -0.2) is 4.68 Å². The number of amides is 1. The van der Waals surface area contributed by atoms with Crippen LogP contribution in [0.1, 0.15) is 28.5 Å². The van der Waals surface area contributed by atoms with Crippen molar-refractivity contribution in [3.8, 4) is 0 Å². The van der Waals surface area contributed by atoms with Crippen LogP contribution in [0.15, 0.2) is 30.6 Å². The first kappa shape index (κ1) is 12.7. The Morgan fingerprint density at radius 1 is 1.45 bits per heavy atom. The Labute approximate surface area is 117 Å². The van der Waals surface area contributed by atoms with E-state index in [-0.39, 0.29) is 11.9 Å². The van der Waals surface area contributed by atoms with Crippen molar-refractivity contribution in [2.24, 2.45) is 0 Å². The molecule has 104 valence electrons. The van der Waals surface area contributed by atoms with E-state index in [4.69, 9.17) is 0 Å². The monoisotopic (exact) mass is 271 g/mol. The Kier molecular flexibility index (Phi) is 3.14. The largest absolute Gasteiger partial charge is 0.369 e. The number of hydrogen-bond donors (Lipinski definition) is 1. The van der Waals surface area contributed by atoms with Crippen LogP contribution in [0.2, 0.25) is 0 Å². The third-order valence-electron chi connectivity index (χ3n) is 3.47. The number of rotatable bonds is 2. The van der Waals surface area contributed by atoms with E-state index < -0.39 is 0 Å². The van der Waals surface area contributed by atoms with Crippen LogP contribution in [0.5, 0.6) is 0 Å². The van der Waals surface area contributed by atoms with E-state index in [0.717, 1.165) is 24.5 Å². The lowest BCUT2D eigenvalue weighted by Gasteiger charge is -2.26. The maximum atomic E-state index is 12.1. The van der Waals surface area contributed by atoms with Gasteiger partial charge >= 0.3 is 0 Å². The number of aromatic nitrogens is 3. The number of pyridine rings is 1. The van der Waals surface area contributed by atoms with Crippen LogP contribution in [0, 0.1) is 0 Å². The van der Waals surface area contributed by atoms with E-state index in [1.54, 1.807) is 31.4 Å². The van der Waals surface area contributed by atoms with Gasteiger partial charge in [0, 0.05) is 26.8 Å². The molecule has 0 fully saturated rings. The van der Waals surface area contributed by atoms with Crippen molar-refractivity contribution in [2.45, 2.75) is 12.5 Å². The van der Waals surface area contributed by atoms with E-state index in [1.807, 2.05) is 22.9 Å². The van der Waals surface area contributed by atoms with E-state index in [0.29, 0.717) is 5.56 Å². The Hall–Kier alpha value is -2.37. The summed E-state index contributed by atoms with van der Waals surface area (Å²) in [6, 6.07) is 5.94. The van der Waals surface area contributed by atoms with E-state index >= 15 is 0 Å². The van der Waals surface area contributed by atoms with Crippen LogP contribution in [0.25, 0.3) is 0 Å². The predicted octanol–water partition coefficient (Wildman–Crippen LogP) is 1.38. The van der Waals surface area contributed by atoms with Gasteiger partial charge in [0.15, 0.2) is 0 Å². The normalized spacial score (nSPS) is 17.2. The first-order chi connectivity index (χ1) is 9.68. The third kappa shape index (κ3) is 2.03. The van der Waals surface area contributed by atoms with E-state index in [9.17, 15) is 4.79 Å². The Morgan fingerprint density at radius 3 is 3.00 bits per heavy atom. The summed E-state index contributed by atoms with van der Waals surface area (Å²) in [6.45, 7) is 0.806.